The number of nitrogens with zero attached hydrogens (tertiary/aromatic N) is 5. The summed E-state index contributed by atoms with van der Waals surface area (Å²) in [7, 11) is 1.61. The van der Waals surface area contributed by atoms with E-state index in [9.17, 15) is 0 Å². The van der Waals surface area contributed by atoms with Gasteiger partial charge < -0.3 is 14.0 Å². The van der Waals surface area contributed by atoms with Crippen molar-refractivity contribution in [2.75, 3.05) is 13.7 Å². The number of hydrogen-bond donors (Lipinski definition) is 0. The van der Waals surface area contributed by atoms with E-state index in [2.05, 4.69) is 20.2 Å². The molecule has 0 N–H and O–H groups in total. The van der Waals surface area contributed by atoms with E-state index in [1.807, 2.05) is 29.9 Å². The maximum absolute atomic E-state index is 5.84. The van der Waals surface area contributed by atoms with Crippen LogP contribution in [0.2, 0.25) is 0 Å². The minimum atomic E-state index is -0.217. The summed E-state index contributed by atoms with van der Waals surface area (Å²) in [4.78, 5) is 8.83. The first-order valence-corrected chi connectivity index (χ1v) is 8.18. The predicted molar refractivity (Wildman–Crippen MR) is 87.8 cm³/mol. The SMILES string of the molecule is COc1cc(-c2noc([C@H]3OCC[C@H]3Cn3cccn3)n2)cnc1C. The number of methoxy groups -OCH3 is 1. The van der Waals surface area contributed by atoms with Gasteiger partial charge in [-0.25, -0.2) is 0 Å². The summed E-state index contributed by atoms with van der Waals surface area (Å²) in [6.07, 6.45) is 6.14. The second kappa shape index (κ2) is 6.64. The van der Waals surface area contributed by atoms with E-state index >= 15 is 0 Å². The first kappa shape index (κ1) is 15.8. The van der Waals surface area contributed by atoms with Gasteiger partial charge in [-0.1, -0.05) is 5.16 Å². The largest absolute Gasteiger partial charge is 0.495 e. The summed E-state index contributed by atoms with van der Waals surface area (Å²) in [5, 5.41) is 8.34. The Labute approximate surface area is 144 Å². The third-order valence-electron chi connectivity index (χ3n) is 4.40. The smallest absolute Gasteiger partial charge is 0.256 e. The summed E-state index contributed by atoms with van der Waals surface area (Å²) in [5.74, 6) is 1.91. The third-order valence-corrected chi connectivity index (χ3v) is 4.40. The lowest BCUT2D eigenvalue weighted by molar-refractivity contribution is 0.0578. The zero-order chi connectivity index (χ0) is 17.2. The zero-order valence-corrected chi connectivity index (χ0v) is 14.1. The van der Waals surface area contributed by atoms with Gasteiger partial charge in [-0.05, 0) is 25.5 Å². The van der Waals surface area contributed by atoms with Crippen LogP contribution in [0.4, 0.5) is 0 Å². The number of pyridine rings is 1. The van der Waals surface area contributed by atoms with Gasteiger partial charge in [-0.3, -0.25) is 9.67 Å². The van der Waals surface area contributed by atoms with Crippen LogP contribution in [0.15, 0.2) is 35.2 Å². The quantitative estimate of drug-likeness (QED) is 0.704. The number of ether oxygens (including phenoxy) is 2. The predicted octanol–water partition coefficient (Wildman–Crippen LogP) is 2.42. The number of rotatable bonds is 5. The van der Waals surface area contributed by atoms with E-state index in [4.69, 9.17) is 14.0 Å². The van der Waals surface area contributed by atoms with E-state index in [0.717, 1.165) is 24.2 Å². The molecule has 3 aromatic heterocycles. The van der Waals surface area contributed by atoms with Crippen LogP contribution in [0.3, 0.4) is 0 Å². The lowest BCUT2D eigenvalue weighted by atomic mass is 10.0. The van der Waals surface area contributed by atoms with Crippen molar-refractivity contribution in [3.8, 4) is 17.1 Å². The molecule has 1 fully saturated rings. The molecule has 0 bridgehead atoms. The molecule has 25 heavy (non-hydrogen) atoms. The van der Waals surface area contributed by atoms with Crippen LogP contribution < -0.4 is 4.74 Å². The third kappa shape index (κ3) is 3.12. The van der Waals surface area contributed by atoms with Crippen LogP contribution in [-0.4, -0.2) is 38.6 Å². The highest BCUT2D eigenvalue weighted by Crippen LogP contribution is 2.35. The van der Waals surface area contributed by atoms with Gasteiger partial charge >= 0.3 is 0 Å². The molecule has 0 unspecified atom stereocenters. The Hall–Kier alpha value is -2.74. The molecule has 2 atom stereocenters. The minimum Gasteiger partial charge on any atom is -0.495 e. The number of aromatic nitrogens is 5. The van der Waals surface area contributed by atoms with Gasteiger partial charge in [-0.15, -0.1) is 0 Å². The lowest BCUT2D eigenvalue weighted by Gasteiger charge is -2.14. The Morgan fingerprint density at radius 1 is 1.40 bits per heavy atom. The normalized spacial score (nSPS) is 20.1. The molecular weight excluding hydrogens is 322 g/mol. The molecule has 8 heteroatoms. The average molecular weight is 341 g/mol. The molecular formula is C17H19N5O3. The standard InChI is InChI=1S/C17H19N5O3/c1-11-14(23-2)8-13(9-18-11)16-20-17(25-21-16)15-12(4-7-24-15)10-22-6-3-5-19-22/h3,5-6,8-9,12,15H,4,7,10H2,1-2H3/t12-,15-/m0/s1. The summed E-state index contributed by atoms with van der Waals surface area (Å²) < 4.78 is 18.5. The van der Waals surface area contributed by atoms with Gasteiger partial charge in [0.15, 0.2) is 0 Å². The summed E-state index contributed by atoms with van der Waals surface area (Å²) in [6, 6.07) is 3.76. The van der Waals surface area contributed by atoms with Gasteiger partial charge in [0.1, 0.15) is 11.9 Å². The van der Waals surface area contributed by atoms with Crippen molar-refractivity contribution >= 4 is 0 Å². The summed E-state index contributed by atoms with van der Waals surface area (Å²) in [6.45, 7) is 3.32. The first-order chi connectivity index (χ1) is 12.2. The highest BCUT2D eigenvalue weighted by atomic mass is 16.5. The first-order valence-electron chi connectivity index (χ1n) is 8.18. The number of aryl methyl sites for hydroxylation is 1. The van der Waals surface area contributed by atoms with E-state index in [-0.39, 0.29) is 12.0 Å². The van der Waals surface area contributed by atoms with Crippen molar-refractivity contribution in [3.05, 3.63) is 42.3 Å². The fourth-order valence-corrected chi connectivity index (χ4v) is 3.05. The van der Waals surface area contributed by atoms with Gasteiger partial charge in [-0.2, -0.15) is 10.1 Å². The molecule has 1 aliphatic rings. The van der Waals surface area contributed by atoms with Gasteiger partial charge in [0, 0.05) is 43.2 Å². The zero-order valence-electron chi connectivity index (χ0n) is 14.1. The molecule has 3 aromatic rings. The Morgan fingerprint density at radius 3 is 3.12 bits per heavy atom. The van der Waals surface area contributed by atoms with Crippen molar-refractivity contribution in [2.24, 2.45) is 5.92 Å². The fraction of sp³-hybridized carbons (Fsp3) is 0.412. The maximum atomic E-state index is 5.84. The molecule has 0 saturated carbocycles. The van der Waals surface area contributed by atoms with E-state index < -0.39 is 0 Å². The molecule has 8 nitrogen and oxygen atoms in total. The van der Waals surface area contributed by atoms with E-state index in [0.29, 0.717) is 24.1 Å². The Kier molecular flexibility index (Phi) is 4.19. The minimum absolute atomic E-state index is 0.217. The molecule has 4 rings (SSSR count). The van der Waals surface area contributed by atoms with Crippen LogP contribution >= 0.6 is 0 Å². The highest BCUT2D eigenvalue weighted by Gasteiger charge is 2.34. The molecule has 0 amide bonds. The molecule has 0 aliphatic carbocycles. The van der Waals surface area contributed by atoms with Crippen molar-refractivity contribution in [2.45, 2.75) is 26.0 Å². The van der Waals surface area contributed by atoms with Crippen molar-refractivity contribution in [1.29, 1.82) is 0 Å². The molecule has 1 saturated heterocycles. The van der Waals surface area contributed by atoms with Crippen molar-refractivity contribution in [1.82, 2.24) is 24.9 Å². The molecule has 0 aromatic carbocycles. The second-order valence-corrected chi connectivity index (χ2v) is 6.04. The van der Waals surface area contributed by atoms with Gasteiger partial charge in [0.25, 0.3) is 5.89 Å². The molecule has 0 radical (unpaired) electrons. The highest BCUT2D eigenvalue weighted by molar-refractivity contribution is 5.56. The summed E-state index contributed by atoms with van der Waals surface area (Å²) in [5.41, 5.74) is 1.56. The Bertz CT molecular complexity index is 846. The van der Waals surface area contributed by atoms with Crippen LogP contribution in [-0.2, 0) is 11.3 Å². The van der Waals surface area contributed by atoms with Crippen LogP contribution in [0.25, 0.3) is 11.4 Å². The molecule has 4 heterocycles. The van der Waals surface area contributed by atoms with E-state index in [1.165, 1.54) is 0 Å². The second-order valence-electron chi connectivity index (χ2n) is 6.04. The van der Waals surface area contributed by atoms with Crippen molar-refractivity contribution in [3.63, 3.8) is 0 Å². The number of hydrogen-bond acceptors (Lipinski definition) is 7. The average Bonchev–Trinajstić information content (AvgIpc) is 3.37. The van der Waals surface area contributed by atoms with E-state index in [1.54, 1.807) is 19.5 Å². The van der Waals surface area contributed by atoms with Crippen molar-refractivity contribution < 1.29 is 14.0 Å². The topological polar surface area (TPSA) is 88.1 Å². The maximum Gasteiger partial charge on any atom is 0.256 e. The van der Waals surface area contributed by atoms with Crippen LogP contribution in [0.1, 0.15) is 24.1 Å². The molecule has 1 aliphatic heterocycles. The van der Waals surface area contributed by atoms with Crippen LogP contribution in [0, 0.1) is 12.8 Å². The lowest BCUT2D eigenvalue weighted by Crippen LogP contribution is -2.15. The monoisotopic (exact) mass is 341 g/mol. The summed E-state index contributed by atoms with van der Waals surface area (Å²) >= 11 is 0. The van der Waals surface area contributed by atoms with Gasteiger partial charge in [0.05, 0.1) is 12.8 Å². The molecule has 0 spiro atoms. The Balaban J connectivity index is 1.56. The van der Waals surface area contributed by atoms with Gasteiger partial charge in [0.2, 0.25) is 5.82 Å². The Morgan fingerprint density at radius 2 is 2.32 bits per heavy atom. The molecule has 130 valence electrons. The fourth-order valence-electron chi connectivity index (χ4n) is 3.05. The van der Waals surface area contributed by atoms with Crippen LogP contribution in [0.5, 0.6) is 5.75 Å².